The molecule has 0 radical (unpaired) electrons. The molecule has 1 fully saturated rings. The maximum absolute atomic E-state index is 13.3. The number of benzene rings is 3. The topological polar surface area (TPSA) is 67.2 Å². The van der Waals surface area contributed by atoms with Crippen LogP contribution in [-0.4, -0.2) is 38.9 Å². The summed E-state index contributed by atoms with van der Waals surface area (Å²) >= 11 is 18.4. The van der Waals surface area contributed by atoms with E-state index in [4.69, 9.17) is 39.8 Å². The maximum atomic E-state index is 13.3. The summed E-state index contributed by atoms with van der Waals surface area (Å²) < 4.78 is 1.84. The number of carbonyl (C=O) groups excluding carboxylic acids is 2. The molecule has 1 aromatic heterocycles. The van der Waals surface area contributed by atoms with Gasteiger partial charge in [-0.2, -0.15) is 0 Å². The summed E-state index contributed by atoms with van der Waals surface area (Å²) in [4.78, 5) is 32.9. The second kappa shape index (κ2) is 10.8. The van der Waals surface area contributed by atoms with Crippen LogP contribution in [0, 0.1) is 13.8 Å². The zero-order chi connectivity index (χ0) is 27.0. The standard InChI is InChI=1S/C29H25Cl3N4O2/c1-17-3-9-23(13-18(17)2)36-15-26(19-4-6-20(30)7-5-19)33-29(36)34-27(37)16-35(22-10-11-22)28(38)24-12-8-21(31)14-25(24)32/h3-9,12-15,22H,10-11,16H2,1-2H3,(H,33,34,37). The predicted molar refractivity (Wildman–Crippen MR) is 153 cm³/mol. The number of hydrogen-bond donors (Lipinski definition) is 1. The van der Waals surface area contributed by atoms with Crippen LogP contribution in [0.25, 0.3) is 16.9 Å². The summed E-state index contributed by atoms with van der Waals surface area (Å²) in [7, 11) is 0. The molecule has 1 aliphatic rings. The molecular weight excluding hydrogens is 543 g/mol. The second-order valence-corrected chi connectivity index (χ2v) is 10.7. The number of hydrogen-bond acceptors (Lipinski definition) is 3. The Balaban J connectivity index is 1.44. The summed E-state index contributed by atoms with van der Waals surface area (Å²) in [6.45, 7) is 3.96. The molecule has 5 rings (SSSR count). The molecule has 1 heterocycles. The van der Waals surface area contributed by atoms with Gasteiger partial charge in [-0.1, -0.05) is 53.0 Å². The van der Waals surface area contributed by atoms with Crippen LogP contribution >= 0.6 is 34.8 Å². The van der Waals surface area contributed by atoms with E-state index in [1.54, 1.807) is 29.2 Å². The zero-order valence-corrected chi connectivity index (χ0v) is 23.1. The third-order valence-electron chi connectivity index (χ3n) is 6.59. The van der Waals surface area contributed by atoms with Crippen molar-refractivity contribution in [3.05, 3.63) is 98.6 Å². The van der Waals surface area contributed by atoms with Crippen molar-refractivity contribution in [1.29, 1.82) is 0 Å². The molecule has 0 spiro atoms. The van der Waals surface area contributed by atoms with Gasteiger partial charge in [-0.3, -0.25) is 19.5 Å². The van der Waals surface area contributed by atoms with E-state index in [0.29, 0.717) is 27.3 Å². The van der Waals surface area contributed by atoms with Gasteiger partial charge >= 0.3 is 0 Å². The molecule has 1 N–H and O–H groups in total. The molecule has 6 nitrogen and oxygen atoms in total. The van der Waals surface area contributed by atoms with E-state index in [1.807, 2.05) is 54.9 Å². The van der Waals surface area contributed by atoms with Crippen molar-refractivity contribution in [2.75, 3.05) is 11.9 Å². The fraction of sp³-hybridized carbons (Fsp3) is 0.207. The first-order valence-corrected chi connectivity index (χ1v) is 13.3. The molecule has 1 aliphatic carbocycles. The molecule has 0 aliphatic heterocycles. The van der Waals surface area contributed by atoms with Crippen LogP contribution in [0.2, 0.25) is 15.1 Å². The number of amides is 2. The molecule has 3 aromatic carbocycles. The molecule has 0 bridgehead atoms. The Labute approximate surface area is 236 Å². The number of aromatic nitrogens is 2. The van der Waals surface area contributed by atoms with Crippen molar-refractivity contribution in [1.82, 2.24) is 14.5 Å². The fourth-order valence-electron chi connectivity index (χ4n) is 4.19. The van der Waals surface area contributed by atoms with E-state index in [9.17, 15) is 9.59 Å². The smallest absolute Gasteiger partial charge is 0.256 e. The highest BCUT2D eigenvalue weighted by Crippen LogP contribution is 2.31. The lowest BCUT2D eigenvalue weighted by atomic mass is 10.1. The highest BCUT2D eigenvalue weighted by Gasteiger charge is 2.35. The Kier molecular flexibility index (Phi) is 7.48. The van der Waals surface area contributed by atoms with E-state index in [2.05, 4.69) is 5.32 Å². The number of nitrogens with zero attached hydrogens (tertiary/aromatic N) is 3. The fourth-order valence-corrected chi connectivity index (χ4v) is 4.81. The molecular formula is C29H25Cl3N4O2. The molecule has 4 aromatic rings. The van der Waals surface area contributed by atoms with Crippen molar-refractivity contribution in [2.45, 2.75) is 32.7 Å². The minimum atomic E-state index is -0.353. The molecule has 9 heteroatoms. The Bertz CT molecular complexity index is 1530. The average molecular weight is 568 g/mol. The van der Waals surface area contributed by atoms with Gasteiger partial charge in [-0.05, 0) is 80.3 Å². The van der Waals surface area contributed by atoms with E-state index in [0.717, 1.165) is 35.2 Å². The molecule has 0 atom stereocenters. The number of carbonyl (C=O) groups is 2. The predicted octanol–water partition coefficient (Wildman–Crippen LogP) is 7.36. The van der Waals surface area contributed by atoms with Crippen LogP contribution in [0.15, 0.2) is 66.9 Å². The van der Waals surface area contributed by atoms with Crippen LogP contribution in [0.3, 0.4) is 0 Å². The number of nitrogens with one attached hydrogen (secondary N) is 1. The summed E-state index contributed by atoms with van der Waals surface area (Å²) in [6.07, 6.45) is 3.55. The normalized spacial score (nSPS) is 12.9. The van der Waals surface area contributed by atoms with Gasteiger partial charge in [0.1, 0.15) is 6.54 Å². The Morgan fingerprint density at radius 2 is 1.66 bits per heavy atom. The third-order valence-corrected chi connectivity index (χ3v) is 7.39. The first kappa shape index (κ1) is 26.3. The number of rotatable bonds is 7. The van der Waals surface area contributed by atoms with Gasteiger partial charge in [-0.15, -0.1) is 0 Å². The van der Waals surface area contributed by atoms with Gasteiger partial charge in [0.05, 0.1) is 16.3 Å². The van der Waals surface area contributed by atoms with Crippen LogP contribution in [-0.2, 0) is 4.79 Å². The molecule has 38 heavy (non-hydrogen) atoms. The Hall–Kier alpha value is -3.32. The van der Waals surface area contributed by atoms with Gasteiger partial charge in [0.25, 0.3) is 5.91 Å². The van der Waals surface area contributed by atoms with Gasteiger partial charge in [0, 0.05) is 33.5 Å². The van der Waals surface area contributed by atoms with Gasteiger partial charge in [-0.25, -0.2) is 4.98 Å². The lowest BCUT2D eigenvalue weighted by Gasteiger charge is -2.22. The molecule has 0 unspecified atom stereocenters. The maximum Gasteiger partial charge on any atom is 0.256 e. The molecule has 2 amide bonds. The lowest BCUT2D eigenvalue weighted by molar-refractivity contribution is -0.117. The second-order valence-electron chi connectivity index (χ2n) is 9.43. The highest BCUT2D eigenvalue weighted by molar-refractivity contribution is 6.36. The van der Waals surface area contributed by atoms with Crippen molar-refractivity contribution in [2.24, 2.45) is 0 Å². The number of halogens is 3. The summed E-state index contributed by atoms with van der Waals surface area (Å²) in [5.41, 5.74) is 5.00. The van der Waals surface area contributed by atoms with E-state index >= 15 is 0 Å². The Morgan fingerprint density at radius 3 is 2.32 bits per heavy atom. The monoisotopic (exact) mass is 566 g/mol. The van der Waals surface area contributed by atoms with Crippen LogP contribution in [0.1, 0.15) is 34.3 Å². The summed E-state index contributed by atoms with van der Waals surface area (Å²) in [6, 6.07) is 18.1. The first-order chi connectivity index (χ1) is 18.2. The van der Waals surface area contributed by atoms with Crippen LogP contribution in [0.5, 0.6) is 0 Å². The zero-order valence-electron chi connectivity index (χ0n) is 20.8. The first-order valence-electron chi connectivity index (χ1n) is 12.2. The number of imidazole rings is 1. The van der Waals surface area contributed by atoms with Crippen LogP contribution < -0.4 is 5.32 Å². The average Bonchev–Trinajstić information content (AvgIpc) is 3.64. The van der Waals surface area contributed by atoms with Crippen LogP contribution in [0.4, 0.5) is 5.95 Å². The number of anilines is 1. The highest BCUT2D eigenvalue weighted by atomic mass is 35.5. The van der Waals surface area contributed by atoms with Crippen molar-refractivity contribution in [3.8, 4) is 16.9 Å². The van der Waals surface area contributed by atoms with Crippen molar-refractivity contribution in [3.63, 3.8) is 0 Å². The largest absolute Gasteiger partial charge is 0.326 e. The van der Waals surface area contributed by atoms with Crippen molar-refractivity contribution >= 4 is 52.6 Å². The number of aryl methyl sites for hydroxylation is 2. The quantitative estimate of drug-likeness (QED) is 0.254. The minimum Gasteiger partial charge on any atom is -0.326 e. The van der Waals surface area contributed by atoms with E-state index in [-0.39, 0.29) is 29.4 Å². The SMILES string of the molecule is Cc1ccc(-n2cc(-c3ccc(Cl)cc3)nc2NC(=O)CN(C(=O)c2ccc(Cl)cc2Cl)C2CC2)cc1C. The lowest BCUT2D eigenvalue weighted by Crippen LogP contribution is -2.40. The Morgan fingerprint density at radius 1 is 0.947 bits per heavy atom. The minimum absolute atomic E-state index is 0.0101. The van der Waals surface area contributed by atoms with E-state index in [1.165, 1.54) is 6.07 Å². The van der Waals surface area contributed by atoms with Gasteiger partial charge < -0.3 is 4.90 Å². The van der Waals surface area contributed by atoms with Gasteiger partial charge in [0.15, 0.2) is 0 Å². The summed E-state index contributed by atoms with van der Waals surface area (Å²) in [5, 5.41) is 4.25. The van der Waals surface area contributed by atoms with E-state index < -0.39 is 0 Å². The van der Waals surface area contributed by atoms with Gasteiger partial charge in [0.2, 0.25) is 11.9 Å². The third kappa shape index (κ3) is 5.73. The van der Waals surface area contributed by atoms with Crippen molar-refractivity contribution < 1.29 is 9.59 Å². The molecule has 0 saturated heterocycles. The summed E-state index contributed by atoms with van der Waals surface area (Å²) in [5.74, 6) is -0.298. The molecule has 194 valence electrons. The molecule has 1 saturated carbocycles.